The molecule has 0 unspecified atom stereocenters. The largest absolute Gasteiger partial charge is 0.469 e. The standard InChI is InChI=1S/C18H26N2O3/c1-23-18(22)10-9-17(21)19-16-8-5-12-20(14-16)13-11-15-6-3-2-4-7-15/h2-4,6-7,16H,5,8-14H2,1H3,(H,19,21)/t16-/m0/s1. The van der Waals surface area contributed by atoms with Gasteiger partial charge in [0.15, 0.2) is 0 Å². The van der Waals surface area contributed by atoms with Gasteiger partial charge in [-0.05, 0) is 31.4 Å². The zero-order valence-corrected chi connectivity index (χ0v) is 13.8. The maximum atomic E-state index is 11.9. The van der Waals surface area contributed by atoms with E-state index in [1.54, 1.807) is 0 Å². The predicted octanol–water partition coefficient (Wildman–Crippen LogP) is 1.76. The van der Waals surface area contributed by atoms with Gasteiger partial charge in [-0.1, -0.05) is 30.3 Å². The Morgan fingerprint density at radius 1 is 1.26 bits per heavy atom. The van der Waals surface area contributed by atoms with Crippen LogP contribution in [0.5, 0.6) is 0 Å². The molecular weight excluding hydrogens is 292 g/mol. The number of benzene rings is 1. The molecule has 1 heterocycles. The van der Waals surface area contributed by atoms with Crippen LogP contribution < -0.4 is 5.32 Å². The van der Waals surface area contributed by atoms with Gasteiger partial charge in [0.2, 0.25) is 5.91 Å². The minimum absolute atomic E-state index is 0.0645. The van der Waals surface area contributed by atoms with Crippen LogP contribution in [0.15, 0.2) is 30.3 Å². The highest BCUT2D eigenvalue weighted by Gasteiger charge is 2.21. The third kappa shape index (κ3) is 6.40. The predicted molar refractivity (Wildman–Crippen MR) is 89.0 cm³/mol. The minimum Gasteiger partial charge on any atom is -0.469 e. The summed E-state index contributed by atoms with van der Waals surface area (Å²) in [4.78, 5) is 25.4. The molecule has 0 radical (unpaired) electrons. The maximum absolute atomic E-state index is 11.9. The topological polar surface area (TPSA) is 58.6 Å². The molecule has 23 heavy (non-hydrogen) atoms. The summed E-state index contributed by atoms with van der Waals surface area (Å²) in [6.07, 6.45) is 3.48. The number of ether oxygens (including phenoxy) is 1. The van der Waals surface area contributed by atoms with Gasteiger partial charge in [0, 0.05) is 25.6 Å². The molecule has 0 saturated carbocycles. The summed E-state index contributed by atoms with van der Waals surface area (Å²) in [7, 11) is 1.34. The molecule has 1 atom stereocenters. The van der Waals surface area contributed by atoms with Gasteiger partial charge in [0.25, 0.3) is 0 Å². The summed E-state index contributed by atoms with van der Waals surface area (Å²) in [5.74, 6) is -0.404. The van der Waals surface area contributed by atoms with Gasteiger partial charge in [-0.15, -0.1) is 0 Å². The number of amides is 1. The van der Waals surface area contributed by atoms with E-state index in [9.17, 15) is 9.59 Å². The average molecular weight is 318 g/mol. The first-order chi connectivity index (χ1) is 11.2. The lowest BCUT2D eigenvalue weighted by Gasteiger charge is -2.33. The van der Waals surface area contributed by atoms with Gasteiger partial charge in [0.05, 0.1) is 13.5 Å². The van der Waals surface area contributed by atoms with Gasteiger partial charge in [0.1, 0.15) is 0 Å². The zero-order chi connectivity index (χ0) is 16.5. The summed E-state index contributed by atoms with van der Waals surface area (Å²) in [5, 5.41) is 3.04. The molecule has 5 nitrogen and oxygen atoms in total. The van der Waals surface area contributed by atoms with E-state index in [1.807, 2.05) is 6.07 Å². The molecule has 126 valence electrons. The van der Waals surface area contributed by atoms with Crippen molar-refractivity contribution < 1.29 is 14.3 Å². The molecule has 0 aliphatic carbocycles. The molecule has 0 spiro atoms. The molecular formula is C18H26N2O3. The van der Waals surface area contributed by atoms with Gasteiger partial charge >= 0.3 is 5.97 Å². The van der Waals surface area contributed by atoms with Crippen molar-refractivity contribution >= 4 is 11.9 Å². The number of carbonyl (C=O) groups excluding carboxylic acids is 2. The molecule has 1 aromatic carbocycles. The second-order valence-electron chi connectivity index (χ2n) is 6.02. The Kier molecular flexibility index (Phi) is 7.07. The Balaban J connectivity index is 1.70. The fourth-order valence-electron chi connectivity index (χ4n) is 2.93. The first-order valence-electron chi connectivity index (χ1n) is 8.30. The SMILES string of the molecule is COC(=O)CCC(=O)N[C@H]1CCCN(CCc2ccccc2)C1. The second-order valence-corrected chi connectivity index (χ2v) is 6.02. The van der Waals surface area contributed by atoms with Crippen LogP contribution in [0.3, 0.4) is 0 Å². The first-order valence-corrected chi connectivity index (χ1v) is 8.30. The van der Waals surface area contributed by atoms with Crippen molar-refractivity contribution in [3.05, 3.63) is 35.9 Å². The maximum Gasteiger partial charge on any atom is 0.306 e. The third-order valence-corrected chi connectivity index (χ3v) is 4.21. The van der Waals surface area contributed by atoms with Crippen molar-refractivity contribution in [1.82, 2.24) is 10.2 Å². The summed E-state index contributed by atoms with van der Waals surface area (Å²) in [6.45, 7) is 2.98. The van der Waals surface area contributed by atoms with Crippen LogP contribution in [-0.2, 0) is 20.7 Å². The van der Waals surface area contributed by atoms with E-state index in [1.165, 1.54) is 12.7 Å². The Labute approximate surface area is 138 Å². The van der Waals surface area contributed by atoms with E-state index in [4.69, 9.17) is 0 Å². The molecule has 5 heteroatoms. The lowest BCUT2D eigenvalue weighted by molar-refractivity contribution is -0.142. The van der Waals surface area contributed by atoms with Gasteiger partial charge in [-0.3, -0.25) is 9.59 Å². The highest BCUT2D eigenvalue weighted by atomic mass is 16.5. The van der Waals surface area contributed by atoms with E-state index in [0.717, 1.165) is 38.9 Å². The first kappa shape index (κ1) is 17.5. The quantitative estimate of drug-likeness (QED) is 0.778. The molecule has 1 saturated heterocycles. The summed E-state index contributed by atoms with van der Waals surface area (Å²) in [5.41, 5.74) is 1.34. The van der Waals surface area contributed by atoms with Crippen molar-refractivity contribution in [2.75, 3.05) is 26.7 Å². The summed E-state index contributed by atoms with van der Waals surface area (Å²) >= 11 is 0. The molecule has 1 aliphatic rings. The van der Waals surface area contributed by atoms with Crippen LogP contribution >= 0.6 is 0 Å². The van der Waals surface area contributed by atoms with Gasteiger partial charge < -0.3 is 15.0 Å². The number of likely N-dealkylation sites (tertiary alicyclic amines) is 1. The Morgan fingerprint density at radius 3 is 2.78 bits per heavy atom. The lowest BCUT2D eigenvalue weighted by Crippen LogP contribution is -2.48. The Bertz CT molecular complexity index is 504. The number of piperidine rings is 1. The van der Waals surface area contributed by atoms with Crippen LogP contribution in [0.4, 0.5) is 0 Å². The number of hydrogen-bond donors (Lipinski definition) is 1. The number of rotatable bonds is 7. The van der Waals surface area contributed by atoms with Crippen molar-refractivity contribution in [1.29, 1.82) is 0 Å². The van der Waals surface area contributed by atoms with E-state index in [0.29, 0.717) is 0 Å². The van der Waals surface area contributed by atoms with Crippen molar-refractivity contribution in [2.24, 2.45) is 0 Å². The minimum atomic E-state index is -0.340. The Hall–Kier alpha value is -1.88. The zero-order valence-electron chi connectivity index (χ0n) is 13.8. The van der Waals surface area contributed by atoms with Crippen LogP contribution in [0.1, 0.15) is 31.2 Å². The number of nitrogens with one attached hydrogen (secondary N) is 1. The molecule has 1 aromatic rings. The molecule has 2 rings (SSSR count). The van der Waals surface area contributed by atoms with E-state index in [-0.39, 0.29) is 30.8 Å². The normalized spacial score (nSPS) is 18.4. The second kappa shape index (κ2) is 9.30. The van der Waals surface area contributed by atoms with Crippen LogP contribution in [0.2, 0.25) is 0 Å². The van der Waals surface area contributed by atoms with Gasteiger partial charge in [-0.2, -0.15) is 0 Å². The summed E-state index contributed by atoms with van der Waals surface area (Å²) < 4.78 is 4.55. The smallest absolute Gasteiger partial charge is 0.306 e. The highest BCUT2D eigenvalue weighted by molar-refractivity contribution is 5.81. The third-order valence-electron chi connectivity index (χ3n) is 4.21. The number of nitrogens with zero attached hydrogens (tertiary/aromatic N) is 1. The van der Waals surface area contributed by atoms with Crippen molar-refractivity contribution in [3.63, 3.8) is 0 Å². The number of esters is 1. The number of methoxy groups -OCH3 is 1. The van der Waals surface area contributed by atoms with E-state index >= 15 is 0 Å². The molecule has 1 aliphatic heterocycles. The van der Waals surface area contributed by atoms with Crippen molar-refractivity contribution in [2.45, 2.75) is 38.1 Å². The van der Waals surface area contributed by atoms with Gasteiger partial charge in [-0.25, -0.2) is 0 Å². The average Bonchev–Trinajstić information content (AvgIpc) is 2.59. The highest BCUT2D eigenvalue weighted by Crippen LogP contribution is 2.12. The number of carbonyl (C=O) groups is 2. The summed E-state index contributed by atoms with van der Waals surface area (Å²) in [6, 6.07) is 10.6. The fraction of sp³-hybridized carbons (Fsp3) is 0.556. The van der Waals surface area contributed by atoms with Crippen LogP contribution in [0.25, 0.3) is 0 Å². The van der Waals surface area contributed by atoms with Crippen LogP contribution in [0, 0.1) is 0 Å². The lowest BCUT2D eigenvalue weighted by atomic mass is 10.0. The number of hydrogen-bond acceptors (Lipinski definition) is 4. The van der Waals surface area contributed by atoms with Crippen LogP contribution in [-0.4, -0.2) is 49.6 Å². The molecule has 0 bridgehead atoms. The monoisotopic (exact) mass is 318 g/mol. The molecule has 1 amide bonds. The van der Waals surface area contributed by atoms with Crippen molar-refractivity contribution in [3.8, 4) is 0 Å². The van der Waals surface area contributed by atoms with E-state index < -0.39 is 0 Å². The molecule has 1 fully saturated rings. The fourth-order valence-corrected chi connectivity index (χ4v) is 2.93. The Morgan fingerprint density at radius 2 is 2.04 bits per heavy atom. The van der Waals surface area contributed by atoms with E-state index in [2.05, 4.69) is 39.2 Å². The molecule has 1 N–H and O–H groups in total. The molecule has 0 aromatic heterocycles.